The SMILES string of the molecule is CN1C[C@](O)([C@H](O)[C@H](O)[C@H](O)CO)SC1=S. The van der Waals surface area contributed by atoms with Crippen LogP contribution in [0, 0.1) is 0 Å². The molecule has 1 saturated heterocycles. The van der Waals surface area contributed by atoms with E-state index in [-0.39, 0.29) is 6.54 Å². The number of thioether (sulfide) groups is 1. The molecule has 0 aromatic rings. The molecule has 1 rings (SSSR count). The number of hydrogen-bond acceptors (Lipinski definition) is 7. The van der Waals surface area contributed by atoms with Crippen molar-refractivity contribution in [1.29, 1.82) is 0 Å². The average molecular weight is 269 g/mol. The first-order valence-corrected chi connectivity index (χ1v) is 5.86. The fourth-order valence-electron chi connectivity index (χ4n) is 1.40. The van der Waals surface area contributed by atoms with Crippen molar-refractivity contribution in [2.75, 3.05) is 20.2 Å². The Bertz CT molecular complexity index is 279. The van der Waals surface area contributed by atoms with Gasteiger partial charge in [-0.1, -0.05) is 24.0 Å². The van der Waals surface area contributed by atoms with Crippen molar-refractivity contribution < 1.29 is 25.5 Å². The first kappa shape index (κ1) is 14.1. The van der Waals surface area contributed by atoms with Crippen molar-refractivity contribution in [3.63, 3.8) is 0 Å². The minimum Gasteiger partial charge on any atom is -0.394 e. The lowest BCUT2D eigenvalue weighted by Crippen LogP contribution is -2.53. The van der Waals surface area contributed by atoms with Crippen LogP contribution in [0.4, 0.5) is 0 Å². The molecule has 1 heterocycles. The van der Waals surface area contributed by atoms with Gasteiger partial charge in [0.1, 0.15) is 22.6 Å². The average Bonchev–Trinajstić information content (AvgIpc) is 2.50. The highest BCUT2D eigenvalue weighted by atomic mass is 32.2. The Morgan fingerprint density at radius 2 is 2.06 bits per heavy atom. The number of aliphatic hydroxyl groups excluding tert-OH is 4. The Morgan fingerprint density at radius 3 is 2.44 bits per heavy atom. The van der Waals surface area contributed by atoms with Gasteiger partial charge in [0.2, 0.25) is 0 Å². The molecule has 0 bridgehead atoms. The van der Waals surface area contributed by atoms with Crippen molar-refractivity contribution in [3.05, 3.63) is 0 Å². The molecule has 0 saturated carbocycles. The summed E-state index contributed by atoms with van der Waals surface area (Å²) < 4.78 is 0.396. The van der Waals surface area contributed by atoms with Crippen LogP contribution in [-0.2, 0) is 0 Å². The van der Waals surface area contributed by atoms with Crippen LogP contribution in [0.25, 0.3) is 0 Å². The van der Waals surface area contributed by atoms with Crippen LogP contribution in [0.15, 0.2) is 0 Å². The van der Waals surface area contributed by atoms with E-state index in [4.69, 9.17) is 17.3 Å². The lowest BCUT2D eigenvalue weighted by atomic mass is 10.0. The molecule has 4 atom stereocenters. The summed E-state index contributed by atoms with van der Waals surface area (Å²) in [6.45, 7) is -0.647. The van der Waals surface area contributed by atoms with Gasteiger partial charge in [0, 0.05) is 7.05 Å². The summed E-state index contributed by atoms with van der Waals surface area (Å²) in [6.07, 6.45) is -4.72. The molecule has 16 heavy (non-hydrogen) atoms. The van der Waals surface area contributed by atoms with Crippen LogP contribution in [0.2, 0.25) is 0 Å². The van der Waals surface area contributed by atoms with Crippen molar-refractivity contribution in [1.82, 2.24) is 4.90 Å². The molecule has 6 nitrogen and oxygen atoms in total. The highest BCUT2D eigenvalue weighted by Crippen LogP contribution is 2.37. The molecule has 1 fully saturated rings. The fourth-order valence-corrected chi connectivity index (χ4v) is 2.94. The maximum atomic E-state index is 10.0. The van der Waals surface area contributed by atoms with Gasteiger partial charge in [-0.3, -0.25) is 0 Å². The van der Waals surface area contributed by atoms with Gasteiger partial charge >= 0.3 is 0 Å². The highest BCUT2D eigenvalue weighted by Gasteiger charge is 2.49. The van der Waals surface area contributed by atoms with Gasteiger partial charge in [-0.05, 0) is 0 Å². The van der Waals surface area contributed by atoms with Gasteiger partial charge in [0.05, 0.1) is 13.2 Å². The number of likely N-dealkylation sites (N-methyl/N-ethyl adjacent to an activating group) is 1. The third-order valence-corrected chi connectivity index (χ3v) is 4.18. The highest BCUT2D eigenvalue weighted by molar-refractivity contribution is 8.24. The summed E-state index contributed by atoms with van der Waals surface area (Å²) >= 11 is 5.77. The van der Waals surface area contributed by atoms with E-state index < -0.39 is 29.9 Å². The van der Waals surface area contributed by atoms with E-state index in [1.165, 1.54) is 0 Å². The normalized spacial score (nSPS) is 31.6. The summed E-state index contributed by atoms with van der Waals surface area (Å²) in [4.78, 5) is -0.108. The van der Waals surface area contributed by atoms with E-state index in [1.54, 1.807) is 11.9 Å². The van der Waals surface area contributed by atoms with Crippen LogP contribution < -0.4 is 0 Å². The molecule has 94 valence electrons. The monoisotopic (exact) mass is 269 g/mol. The number of aliphatic hydroxyl groups is 5. The van der Waals surface area contributed by atoms with Crippen LogP contribution >= 0.6 is 24.0 Å². The van der Waals surface area contributed by atoms with E-state index >= 15 is 0 Å². The molecule has 1 aliphatic rings. The van der Waals surface area contributed by atoms with Crippen molar-refractivity contribution in [2.24, 2.45) is 0 Å². The Balaban J connectivity index is 2.73. The van der Waals surface area contributed by atoms with Crippen molar-refractivity contribution in [3.8, 4) is 0 Å². The number of β-amino-alcohol motifs (C(OH)–C–C–N with tert-alkyl or cyclic N) is 1. The zero-order valence-electron chi connectivity index (χ0n) is 8.65. The Morgan fingerprint density at radius 1 is 1.50 bits per heavy atom. The molecule has 0 aliphatic carbocycles. The minimum atomic E-state index is -1.67. The third-order valence-electron chi connectivity index (χ3n) is 2.41. The number of thiocarbonyl (C=S) groups is 1. The molecule has 5 N–H and O–H groups in total. The lowest BCUT2D eigenvalue weighted by molar-refractivity contribution is -0.125. The van der Waals surface area contributed by atoms with Crippen LogP contribution in [0.3, 0.4) is 0 Å². The van der Waals surface area contributed by atoms with E-state index in [9.17, 15) is 20.4 Å². The Hall–Kier alpha value is 0.0400. The summed E-state index contributed by atoms with van der Waals surface area (Å²) in [5.74, 6) is 0. The first-order chi connectivity index (χ1) is 7.31. The largest absolute Gasteiger partial charge is 0.394 e. The molecular weight excluding hydrogens is 254 g/mol. The zero-order chi connectivity index (χ0) is 12.5. The lowest BCUT2D eigenvalue weighted by Gasteiger charge is -2.31. The molecule has 0 amide bonds. The van der Waals surface area contributed by atoms with Gasteiger partial charge in [0.15, 0.2) is 4.93 Å². The maximum Gasteiger partial charge on any atom is 0.162 e. The molecule has 0 unspecified atom stereocenters. The molecule has 0 aromatic heterocycles. The van der Waals surface area contributed by atoms with Gasteiger partial charge in [-0.2, -0.15) is 0 Å². The molecule has 0 spiro atoms. The second kappa shape index (κ2) is 5.13. The van der Waals surface area contributed by atoms with E-state index in [0.29, 0.717) is 4.32 Å². The zero-order valence-corrected chi connectivity index (χ0v) is 10.3. The maximum absolute atomic E-state index is 10.0. The van der Waals surface area contributed by atoms with Gasteiger partial charge in [-0.15, -0.1) is 0 Å². The second-order valence-electron chi connectivity index (χ2n) is 3.75. The molecular formula is C8H15NO5S2. The van der Waals surface area contributed by atoms with Gasteiger partial charge in [0.25, 0.3) is 0 Å². The smallest absolute Gasteiger partial charge is 0.162 e. The molecule has 0 aromatic carbocycles. The van der Waals surface area contributed by atoms with Gasteiger partial charge in [-0.25, -0.2) is 0 Å². The second-order valence-corrected chi connectivity index (χ2v) is 5.70. The predicted octanol–water partition coefficient (Wildman–Crippen LogP) is -2.29. The Labute approximate surface area is 103 Å². The first-order valence-electron chi connectivity index (χ1n) is 4.63. The predicted molar refractivity (Wildman–Crippen MR) is 62.9 cm³/mol. The standard InChI is InChI=1S/C8H15NO5S2/c1-9-3-8(14,16-7(9)15)6(13)5(12)4(11)2-10/h4-6,10-14H,2-3H2,1H3/t4-,5-,6-,8-/m1/s1. The van der Waals surface area contributed by atoms with E-state index in [0.717, 1.165) is 11.8 Å². The molecule has 8 heteroatoms. The van der Waals surface area contributed by atoms with Crippen LogP contribution in [-0.4, -0.2) is 78.2 Å². The summed E-state index contributed by atoms with van der Waals surface area (Å²) in [7, 11) is 1.65. The third kappa shape index (κ3) is 2.65. The number of nitrogens with zero attached hydrogens (tertiary/aromatic N) is 1. The summed E-state index contributed by atoms with van der Waals surface area (Å²) in [5, 5.41) is 47.1. The molecule has 0 radical (unpaired) electrons. The minimum absolute atomic E-state index is 0.0485. The van der Waals surface area contributed by atoms with Gasteiger partial charge < -0.3 is 30.4 Å². The summed E-state index contributed by atoms with van der Waals surface area (Å²) in [6, 6.07) is 0. The summed E-state index contributed by atoms with van der Waals surface area (Å²) in [5.41, 5.74) is 0. The van der Waals surface area contributed by atoms with E-state index in [1.807, 2.05) is 0 Å². The number of rotatable bonds is 4. The topological polar surface area (TPSA) is 104 Å². The van der Waals surface area contributed by atoms with Crippen LogP contribution in [0.1, 0.15) is 0 Å². The Kier molecular flexibility index (Phi) is 4.52. The quantitative estimate of drug-likeness (QED) is 0.363. The van der Waals surface area contributed by atoms with Crippen molar-refractivity contribution >= 4 is 28.3 Å². The van der Waals surface area contributed by atoms with E-state index in [2.05, 4.69) is 0 Å². The van der Waals surface area contributed by atoms with Crippen molar-refractivity contribution in [2.45, 2.75) is 23.2 Å². The van der Waals surface area contributed by atoms with Crippen LogP contribution in [0.5, 0.6) is 0 Å². The number of hydrogen-bond donors (Lipinski definition) is 5. The fraction of sp³-hybridized carbons (Fsp3) is 0.875. The molecule has 1 aliphatic heterocycles.